The fraction of sp³-hybridized carbons (Fsp3) is 0.500. The molecule has 1 aliphatic rings. The quantitative estimate of drug-likeness (QED) is 0.719. The molecule has 0 aliphatic heterocycles. The van der Waals surface area contributed by atoms with Crippen molar-refractivity contribution in [2.24, 2.45) is 0 Å². The number of carbonyl (C=O) groups is 1. The minimum atomic E-state index is -0.976. The second kappa shape index (κ2) is 4.52. The number of aromatic carboxylic acids is 1. The third-order valence-corrected chi connectivity index (χ3v) is 3.77. The fourth-order valence-electron chi connectivity index (χ4n) is 2.68. The van der Waals surface area contributed by atoms with E-state index in [1.807, 2.05) is 13.0 Å². The molecule has 0 radical (unpaired) electrons. The summed E-state index contributed by atoms with van der Waals surface area (Å²) in [7, 11) is 0. The Morgan fingerprint density at radius 2 is 2.00 bits per heavy atom. The Kier molecular flexibility index (Phi) is 3.20. The van der Waals surface area contributed by atoms with Gasteiger partial charge in [0.05, 0.1) is 5.56 Å². The molecule has 4 nitrogen and oxygen atoms in total. The third-order valence-electron chi connectivity index (χ3n) is 3.77. The van der Waals surface area contributed by atoms with E-state index < -0.39 is 5.97 Å². The van der Waals surface area contributed by atoms with Crippen molar-refractivity contribution in [1.29, 1.82) is 0 Å². The normalized spacial score (nSPS) is 17.7. The molecule has 2 rings (SSSR count). The maximum atomic E-state index is 11.1. The molecule has 0 spiro atoms. The number of hydrogen-bond acceptors (Lipinski definition) is 3. The summed E-state index contributed by atoms with van der Waals surface area (Å²) in [6.07, 6.45) is 4.70. The van der Waals surface area contributed by atoms with Crippen LogP contribution in [0.1, 0.15) is 48.5 Å². The van der Waals surface area contributed by atoms with E-state index in [2.05, 4.69) is 12.2 Å². The van der Waals surface area contributed by atoms with Gasteiger partial charge >= 0.3 is 5.97 Å². The van der Waals surface area contributed by atoms with Gasteiger partial charge in [-0.2, -0.15) is 0 Å². The van der Waals surface area contributed by atoms with Crippen molar-refractivity contribution in [2.45, 2.75) is 45.1 Å². The second-order valence-corrected chi connectivity index (χ2v) is 5.45. The van der Waals surface area contributed by atoms with Crippen LogP contribution in [-0.4, -0.2) is 16.6 Å². The van der Waals surface area contributed by atoms with Gasteiger partial charge in [-0.25, -0.2) is 4.79 Å². The molecule has 0 atom stereocenters. The van der Waals surface area contributed by atoms with Crippen LogP contribution in [0.25, 0.3) is 0 Å². The zero-order valence-electron chi connectivity index (χ0n) is 10.9. The molecule has 4 heteroatoms. The lowest BCUT2D eigenvalue weighted by molar-refractivity contribution is 0.0698. The Hall–Kier alpha value is -1.71. The number of nitrogens with two attached hydrogens (primary N) is 1. The van der Waals surface area contributed by atoms with E-state index in [0.29, 0.717) is 5.69 Å². The molecule has 1 aliphatic carbocycles. The Labute approximate surface area is 107 Å². The monoisotopic (exact) mass is 248 g/mol. The molecule has 98 valence electrons. The highest BCUT2D eigenvalue weighted by molar-refractivity contribution is 5.95. The van der Waals surface area contributed by atoms with Crippen molar-refractivity contribution in [3.05, 3.63) is 23.3 Å². The summed E-state index contributed by atoms with van der Waals surface area (Å²) in [5, 5.41) is 12.6. The molecule has 0 saturated heterocycles. The number of hydrogen-bond donors (Lipinski definition) is 3. The van der Waals surface area contributed by atoms with Gasteiger partial charge in [0.15, 0.2) is 0 Å². The highest BCUT2D eigenvalue weighted by Gasteiger charge is 2.28. The summed E-state index contributed by atoms with van der Waals surface area (Å²) < 4.78 is 0. The van der Waals surface area contributed by atoms with Crippen molar-refractivity contribution in [3.63, 3.8) is 0 Å². The standard InChI is InChI=1S/C14H20N2O2/c1-9-7-10(8-11(12(9)15)13(17)18)16-14(2)5-3-4-6-14/h7-8,16H,3-6,15H2,1-2H3,(H,17,18). The molecule has 0 bridgehead atoms. The number of nitrogens with one attached hydrogen (secondary N) is 1. The van der Waals surface area contributed by atoms with E-state index in [1.54, 1.807) is 6.07 Å². The van der Waals surface area contributed by atoms with E-state index in [-0.39, 0.29) is 11.1 Å². The van der Waals surface area contributed by atoms with Crippen LogP contribution < -0.4 is 11.1 Å². The molecule has 1 aromatic rings. The zero-order chi connectivity index (χ0) is 13.3. The molecule has 18 heavy (non-hydrogen) atoms. The fourth-order valence-corrected chi connectivity index (χ4v) is 2.68. The van der Waals surface area contributed by atoms with Crippen LogP contribution in [0.5, 0.6) is 0 Å². The van der Waals surface area contributed by atoms with Crippen molar-refractivity contribution in [3.8, 4) is 0 Å². The number of nitrogen functional groups attached to an aromatic ring is 1. The maximum absolute atomic E-state index is 11.1. The molecule has 0 unspecified atom stereocenters. The van der Waals surface area contributed by atoms with Gasteiger partial charge in [0.25, 0.3) is 0 Å². The molecule has 1 fully saturated rings. The Bertz CT molecular complexity index is 477. The lowest BCUT2D eigenvalue weighted by Gasteiger charge is -2.27. The predicted octanol–water partition coefficient (Wildman–Crippen LogP) is 3.02. The minimum Gasteiger partial charge on any atom is -0.478 e. The molecular formula is C14H20N2O2. The molecule has 0 amide bonds. The van der Waals surface area contributed by atoms with E-state index >= 15 is 0 Å². The highest BCUT2D eigenvalue weighted by Crippen LogP contribution is 2.34. The first-order chi connectivity index (χ1) is 8.41. The van der Waals surface area contributed by atoms with Gasteiger partial charge in [0.2, 0.25) is 0 Å². The SMILES string of the molecule is Cc1cc(NC2(C)CCCC2)cc(C(=O)O)c1N. The summed E-state index contributed by atoms with van der Waals surface area (Å²) in [6, 6.07) is 3.56. The van der Waals surface area contributed by atoms with Crippen molar-refractivity contribution in [2.75, 3.05) is 11.1 Å². The van der Waals surface area contributed by atoms with E-state index in [9.17, 15) is 4.79 Å². The van der Waals surface area contributed by atoms with Crippen molar-refractivity contribution >= 4 is 17.3 Å². The summed E-state index contributed by atoms with van der Waals surface area (Å²) in [6.45, 7) is 4.02. The van der Waals surface area contributed by atoms with Gasteiger partial charge in [-0.3, -0.25) is 0 Å². The molecule has 4 N–H and O–H groups in total. The number of carboxylic acid groups (broad SMARTS) is 1. The van der Waals surface area contributed by atoms with Crippen molar-refractivity contribution < 1.29 is 9.90 Å². The van der Waals surface area contributed by atoms with Crippen LogP contribution in [0.2, 0.25) is 0 Å². The van der Waals surface area contributed by atoms with Gasteiger partial charge in [-0.1, -0.05) is 12.8 Å². The van der Waals surface area contributed by atoms with Crippen molar-refractivity contribution in [1.82, 2.24) is 0 Å². The van der Waals surface area contributed by atoms with Crippen LogP contribution >= 0.6 is 0 Å². The van der Waals surface area contributed by atoms with Gasteiger partial charge in [-0.15, -0.1) is 0 Å². The lowest BCUT2D eigenvalue weighted by Crippen LogP contribution is -2.30. The van der Waals surface area contributed by atoms with E-state index in [1.165, 1.54) is 12.8 Å². The number of anilines is 2. The third kappa shape index (κ3) is 2.42. The van der Waals surface area contributed by atoms with Gasteiger partial charge in [0, 0.05) is 16.9 Å². The first-order valence-electron chi connectivity index (χ1n) is 6.33. The number of aryl methyl sites for hydroxylation is 1. The second-order valence-electron chi connectivity index (χ2n) is 5.45. The summed E-state index contributed by atoms with van der Waals surface area (Å²) >= 11 is 0. The maximum Gasteiger partial charge on any atom is 0.337 e. The Balaban J connectivity index is 2.31. The van der Waals surface area contributed by atoms with Crippen LogP contribution in [-0.2, 0) is 0 Å². The molecular weight excluding hydrogens is 228 g/mol. The topological polar surface area (TPSA) is 75.3 Å². The van der Waals surface area contributed by atoms with Crippen LogP contribution in [0.3, 0.4) is 0 Å². The number of carboxylic acids is 1. The van der Waals surface area contributed by atoms with Crippen LogP contribution in [0, 0.1) is 6.92 Å². The lowest BCUT2D eigenvalue weighted by atomic mass is 9.99. The molecule has 0 heterocycles. The largest absolute Gasteiger partial charge is 0.478 e. The highest BCUT2D eigenvalue weighted by atomic mass is 16.4. The van der Waals surface area contributed by atoms with E-state index in [4.69, 9.17) is 10.8 Å². The average Bonchev–Trinajstić information content (AvgIpc) is 2.69. The number of rotatable bonds is 3. The van der Waals surface area contributed by atoms with Crippen LogP contribution in [0.15, 0.2) is 12.1 Å². The van der Waals surface area contributed by atoms with Gasteiger partial charge in [-0.05, 0) is 44.4 Å². The first-order valence-corrected chi connectivity index (χ1v) is 6.33. The molecule has 0 aromatic heterocycles. The van der Waals surface area contributed by atoms with E-state index in [0.717, 1.165) is 24.1 Å². The molecule has 1 aromatic carbocycles. The van der Waals surface area contributed by atoms with Gasteiger partial charge < -0.3 is 16.2 Å². The van der Waals surface area contributed by atoms with Crippen LogP contribution in [0.4, 0.5) is 11.4 Å². The summed E-state index contributed by atoms with van der Waals surface area (Å²) in [5.74, 6) is -0.976. The average molecular weight is 248 g/mol. The zero-order valence-corrected chi connectivity index (χ0v) is 10.9. The minimum absolute atomic E-state index is 0.0817. The number of benzene rings is 1. The smallest absolute Gasteiger partial charge is 0.337 e. The Morgan fingerprint density at radius 3 is 2.56 bits per heavy atom. The van der Waals surface area contributed by atoms with Gasteiger partial charge in [0.1, 0.15) is 0 Å². The Morgan fingerprint density at radius 1 is 1.39 bits per heavy atom. The first kappa shape index (κ1) is 12.7. The molecule has 1 saturated carbocycles. The summed E-state index contributed by atoms with van der Waals surface area (Å²) in [4.78, 5) is 11.1. The summed E-state index contributed by atoms with van der Waals surface area (Å²) in [5.41, 5.74) is 8.05. The predicted molar refractivity (Wildman–Crippen MR) is 73.0 cm³/mol.